The number of hydrogen-bond acceptors (Lipinski definition) is 2. The molecule has 0 saturated heterocycles. The summed E-state index contributed by atoms with van der Waals surface area (Å²) in [6.45, 7) is 1.72. The fraction of sp³-hybridized carbons (Fsp3) is 0.500. The van der Waals surface area contributed by atoms with Crippen LogP contribution in [-0.2, 0) is 5.54 Å². The van der Waals surface area contributed by atoms with Crippen LogP contribution in [0.15, 0.2) is 30.3 Å². The number of hydrogen-bond donors (Lipinski definition) is 1. The zero-order chi connectivity index (χ0) is 10.0. The molecule has 1 fully saturated rings. The lowest BCUT2D eigenvalue weighted by atomic mass is 10.0. The summed E-state index contributed by atoms with van der Waals surface area (Å²) in [5.41, 5.74) is 7.34. The third-order valence-corrected chi connectivity index (χ3v) is 3.23. The molecule has 76 valence electrons. The standard InChI is InChI=1S/C12H18N2/c1-14(10-9-13)12(7-8-12)11-5-3-2-4-6-11/h2-6H,7-10,13H2,1H3. The van der Waals surface area contributed by atoms with Gasteiger partial charge in [-0.3, -0.25) is 4.90 Å². The average molecular weight is 190 g/mol. The minimum atomic E-state index is 0.306. The number of nitrogens with two attached hydrogens (primary N) is 1. The van der Waals surface area contributed by atoms with Crippen LogP contribution < -0.4 is 5.73 Å². The molecule has 1 aromatic carbocycles. The maximum Gasteiger partial charge on any atom is 0.0459 e. The summed E-state index contributed by atoms with van der Waals surface area (Å²) < 4.78 is 0. The first-order valence-electron chi connectivity index (χ1n) is 5.26. The Balaban J connectivity index is 2.17. The van der Waals surface area contributed by atoms with Crippen molar-refractivity contribution in [3.8, 4) is 0 Å². The lowest BCUT2D eigenvalue weighted by Crippen LogP contribution is -2.35. The number of likely N-dealkylation sites (N-methyl/N-ethyl adjacent to an activating group) is 1. The van der Waals surface area contributed by atoms with E-state index in [1.54, 1.807) is 0 Å². The second kappa shape index (κ2) is 3.71. The first-order valence-corrected chi connectivity index (χ1v) is 5.26. The third kappa shape index (κ3) is 1.56. The highest BCUT2D eigenvalue weighted by Crippen LogP contribution is 2.49. The van der Waals surface area contributed by atoms with E-state index in [1.807, 2.05) is 0 Å². The van der Waals surface area contributed by atoms with Crippen LogP contribution in [0.1, 0.15) is 18.4 Å². The van der Waals surface area contributed by atoms with Crippen molar-refractivity contribution in [2.45, 2.75) is 18.4 Å². The van der Waals surface area contributed by atoms with Gasteiger partial charge in [-0.1, -0.05) is 30.3 Å². The average Bonchev–Trinajstić information content (AvgIpc) is 3.00. The molecule has 0 spiro atoms. The van der Waals surface area contributed by atoms with E-state index in [2.05, 4.69) is 42.3 Å². The molecule has 1 saturated carbocycles. The Labute approximate surface area is 85.7 Å². The van der Waals surface area contributed by atoms with E-state index in [0.717, 1.165) is 13.1 Å². The van der Waals surface area contributed by atoms with Gasteiger partial charge in [-0.2, -0.15) is 0 Å². The molecule has 0 heterocycles. The summed E-state index contributed by atoms with van der Waals surface area (Å²) in [5.74, 6) is 0. The molecule has 1 aromatic rings. The van der Waals surface area contributed by atoms with Crippen molar-refractivity contribution in [1.29, 1.82) is 0 Å². The molecule has 2 N–H and O–H groups in total. The number of nitrogens with zero attached hydrogens (tertiary/aromatic N) is 1. The predicted octanol–water partition coefficient (Wildman–Crippen LogP) is 1.57. The van der Waals surface area contributed by atoms with E-state index in [-0.39, 0.29) is 0 Å². The van der Waals surface area contributed by atoms with Crippen LogP contribution in [0, 0.1) is 0 Å². The van der Waals surface area contributed by atoms with Gasteiger partial charge in [0.2, 0.25) is 0 Å². The maximum absolute atomic E-state index is 5.59. The van der Waals surface area contributed by atoms with E-state index >= 15 is 0 Å². The van der Waals surface area contributed by atoms with Gasteiger partial charge in [-0.05, 0) is 25.5 Å². The summed E-state index contributed by atoms with van der Waals surface area (Å²) in [6, 6.07) is 10.7. The summed E-state index contributed by atoms with van der Waals surface area (Å²) in [6.07, 6.45) is 2.54. The van der Waals surface area contributed by atoms with E-state index in [9.17, 15) is 0 Å². The zero-order valence-corrected chi connectivity index (χ0v) is 8.74. The van der Waals surface area contributed by atoms with Gasteiger partial charge >= 0.3 is 0 Å². The highest BCUT2D eigenvalue weighted by molar-refractivity contribution is 5.29. The van der Waals surface area contributed by atoms with E-state index in [1.165, 1.54) is 18.4 Å². The van der Waals surface area contributed by atoms with Crippen molar-refractivity contribution in [3.63, 3.8) is 0 Å². The molecule has 0 aliphatic heterocycles. The number of benzene rings is 1. The van der Waals surface area contributed by atoms with Crippen molar-refractivity contribution < 1.29 is 0 Å². The molecule has 0 unspecified atom stereocenters. The summed E-state index contributed by atoms with van der Waals surface area (Å²) in [5, 5.41) is 0. The van der Waals surface area contributed by atoms with Crippen LogP contribution >= 0.6 is 0 Å². The molecular weight excluding hydrogens is 172 g/mol. The van der Waals surface area contributed by atoms with E-state index in [0.29, 0.717) is 5.54 Å². The van der Waals surface area contributed by atoms with Gasteiger partial charge in [-0.25, -0.2) is 0 Å². The van der Waals surface area contributed by atoms with Crippen LogP contribution in [0.25, 0.3) is 0 Å². The third-order valence-electron chi connectivity index (χ3n) is 3.23. The molecular formula is C12H18N2. The molecule has 1 aliphatic carbocycles. The Bertz CT molecular complexity index is 290. The second-order valence-corrected chi connectivity index (χ2v) is 4.11. The van der Waals surface area contributed by atoms with Gasteiger partial charge in [-0.15, -0.1) is 0 Å². The molecule has 1 aliphatic rings. The maximum atomic E-state index is 5.59. The van der Waals surface area contributed by atoms with Crippen LogP contribution in [-0.4, -0.2) is 25.0 Å². The van der Waals surface area contributed by atoms with Crippen molar-refractivity contribution in [1.82, 2.24) is 4.90 Å². The van der Waals surface area contributed by atoms with Gasteiger partial charge in [0.25, 0.3) is 0 Å². The highest BCUT2D eigenvalue weighted by atomic mass is 15.2. The highest BCUT2D eigenvalue weighted by Gasteiger charge is 2.47. The molecule has 14 heavy (non-hydrogen) atoms. The summed E-state index contributed by atoms with van der Waals surface area (Å²) in [4.78, 5) is 2.39. The van der Waals surface area contributed by atoms with Crippen LogP contribution in [0.2, 0.25) is 0 Å². The van der Waals surface area contributed by atoms with Crippen LogP contribution in [0.3, 0.4) is 0 Å². The normalized spacial score (nSPS) is 18.5. The van der Waals surface area contributed by atoms with E-state index < -0.39 is 0 Å². The van der Waals surface area contributed by atoms with Gasteiger partial charge in [0.05, 0.1) is 0 Å². The molecule has 0 amide bonds. The molecule has 0 aromatic heterocycles. The first-order chi connectivity index (χ1) is 6.79. The van der Waals surface area contributed by atoms with Gasteiger partial charge < -0.3 is 5.73 Å². The van der Waals surface area contributed by atoms with Gasteiger partial charge in [0, 0.05) is 18.6 Å². The Kier molecular flexibility index (Phi) is 2.57. The van der Waals surface area contributed by atoms with Gasteiger partial charge in [0.1, 0.15) is 0 Å². The smallest absolute Gasteiger partial charge is 0.0459 e. The minimum absolute atomic E-state index is 0.306. The molecule has 2 heteroatoms. The Morgan fingerprint density at radius 1 is 1.29 bits per heavy atom. The molecule has 2 rings (SSSR count). The zero-order valence-electron chi connectivity index (χ0n) is 8.74. The lowest BCUT2D eigenvalue weighted by molar-refractivity contribution is 0.229. The lowest BCUT2D eigenvalue weighted by Gasteiger charge is -2.27. The molecule has 0 atom stereocenters. The summed E-state index contributed by atoms with van der Waals surface area (Å²) in [7, 11) is 2.17. The van der Waals surface area contributed by atoms with Crippen LogP contribution in [0.4, 0.5) is 0 Å². The Hall–Kier alpha value is -0.860. The number of rotatable bonds is 4. The quantitative estimate of drug-likeness (QED) is 0.781. The van der Waals surface area contributed by atoms with Crippen molar-refractivity contribution in [3.05, 3.63) is 35.9 Å². The van der Waals surface area contributed by atoms with Gasteiger partial charge in [0.15, 0.2) is 0 Å². The minimum Gasteiger partial charge on any atom is -0.329 e. The predicted molar refractivity (Wildman–Crippen MR) is 59.0 cm³/mol. The first kappa shape index (κ1) is 9.69. The summed E-state index contributed by atoms with van der Waals surface area (Å²) >= 11 is 0. The largest absolute Gasteiger partial charge is 0.329 e. The fourth-order valence-corrected chi connectivity index (χ4v) is 2.17. The SMILES string of the molecule is CN(CCN)C1(c2ccccc2)CC1. The molecule has 0 bridgehead atoms. The fourth-order valence-electron chi connectivity index (χ4n) is 2.17. The van der Waals surface area contributed by atoms with E-state index in [4.69, 9.17) is 5.73 Å². The Morgan fingerprint density at radius 2 is 1.93 bits per heavy atom. The van der Waals surface area contributed by atoms with Crippen molar-refractivity contribution >= 4 is 0 Å². The Morgan fingerprint density at radius 3 is 2.43 bits per heavy atom. The van der Waals surface area contributed by atoms with Crippen LogP contribution in [0.5, 0.6) is 0 Å². The topological polar surface area (TPSA) is 29.3 Å². The molecule has 0 radical (unpaired) electrons. The monoisotopic (exact) mass is 190 g/mol. The van der Waals surface area contributed by atoms with Crippen molar-refractivity contribution in [2.24, 2.45) is 5.73 Å². The van der Waals surface area contributed by atoms with Crippen molar-refractivity contribution in [2.75, 3.05) is 20.1 Å². The molecule has 2 nitrogen and oxygen atoms in total. The second-order valence-electron chi connectivity index (χ2n) is 4.11.